The van der Waals surface area contributed by atoms with Gasteiger partial charge < -0.3 is 9.47 Å². The molecule has 0 saturated carbocycles. The van der Waals surface area contributed by atoms with Crippen LogP contribution in [0.2, 0.25) is 0 Å². The quantitative estimate of drug-likeness (QED) is 0.104. The predicted molar refractivity (Wildman–Crippen MR) is 149 cm³/mol. The largest absolute Gasteiger partial charge is 0.465 e. The maximum absolute atomic E-state index is 12.5. The van der Waals surface area contributed by atoms with Gasteiger partial charge in [-0.05, 0) is 53.8 Å². The normalized spacial score (nSPS) is 11.4. The van der Waals surface area contributed by atoms with Gasteiger partial charge in [0.2, 0.25) is 0 Å². The molecule has 0 bridgehead atoms. The summed E-state index contributed by atoms with van der Waals surface area (Å²) in [5.41, 5.74) is 2.27. The zero-order valence-electron chi connectivity index (χ0n) is 21.1. The Morgan fingerprint density at radius 1 is 1.00 bits per heavy atom. The van der Waals surface area contributed by atoms with Crippen molar-refractivity contribution < 1.29 is 28.0 Å². The lowest BCUT2D eigenvalue weighted by molar-refractivity contribution is -0.385. The number of anilines is 2. The Balaban J connectivity index is 1.75. The average Bonchev–Trinajstić information content (AvgIpc) is 2.95. The molecule has 0 radical (unpaired) electrons. The number of hydrogen-bond donors (Lipinski definition) is 1. The van der Waals surface area contributed by atoms with Gasteiger partial charge in [-0.15, -0.1) is 0 Å². The van der Waals surface area contributed by atoms with Crippen LogP contribution in [0.1, 0.15) is 27.0 Å². The van der Waals surface area contributed by atoms with Gasteiger partial charge in [0, 0.05) is 24.1 Å². The number of carbonyl (C=O) groups is 1. The van der Waals surface area contributed by atoms with Gasteiger partial charge in [0.1, 0.15) is 5.56 Å². The SMILES string of the molecule is COCCc1ccc(C#Cc2ccc(N(c3ccc(C(=O)OC)c4ccccc34)S(=O)O)cc2[N+](=O)[O-])cc1. The molecular formula is C29H24N2O7S. The van der Waals surface area contributed by atoms with Crippen molar-refractivity contribution in [1.82, 2.24) is 0 Å². The first kappa shape index (κ1) is 27.5. The molecule has 0 fully saturated rings. The molecule has 10 heteroatoms. The molecule has 0 heterocycles. The molecule has 1 atom stereocenters. The van der Waals surface area contributed by atoms with Gasteiger partial charge in [-0.2, -0.15) is 0 Å². The standard InChI is InChI=1S/C29H24N2O7S/c1-37-18-17-21-9-7-20(8-10-21)11-12-22-13-14-23(19-28(22)31(33)34)30(39(35)36)27-16-15-26(29(32)38-2)24-5-3-4-6-25(24)27/h3-10,13-16,19H,17-18H2,1-2H3,(H,35,36). The lowest BCUT2D eigenvalue weighted by atomic mass is 10.0. The number of methoxy groups -OCH3 is 2. The van der Waals surface area contributed by atoms with Crippen molar-refractivity contribution in [3.63, 3.8) is 0 Å². The second-order valence-electron chi connectivity index (χ2n) is 8.34. The van der Waals surface area contributed by atoms with Crippen LogP contribution in [0, 0.1) is 22.0 Å². The Kier molecular flexibility index (Phi) is 8.68. The number of nitro benzene ring substituents is 1. The van der Waals surface area contributed by atoms with Crippen molar-refractivity contribution in [3.8, 4) is 11.8 Å². The van der Waals surface area contributed by atoms with Gasteiger partial charge >= 0.3 is 5.97 Å². The molecule has 0 aromatic heterocycles. The summed E-state index contributed by atoms with van der Waals surface area (Å²) in [6.07, 6.45) is 0.764. The van der Waals surface area contributed by atoms with Crippen LogP contribution in [-0.4, -0.2) is 40.5 Å². The van der Waals surface area contributed by atoms with Gasteiger partial charge in [-0.3, -0.25) is 14.7 Å². The smallest absolute Gasteiger partial charge is 0.338 e. The number of carbonyl (C=O) groups excluding carboxylic acids is 1. The Bertz CT molecular complexity index is 1620. The zero-order chi connectivity index (χ0) is 27.9. The van der Waals surface area contributed by atoms with E-state index in [0.717, 1.165) is 16.3 Å². The Hall–Kier alpha value is -4.56. The fourth-order valence-electron chi connectivity index (χ4n) is 4.08. The highest BCUT2D eigenvalue weighted by atomic mass is 32.2. The Morgan fingerprint density at radius 2 is 1.72 bits per heavy atom. The van der Waals surface area contributed by atoms with Crippen LogP contribution < -0.4 is 4.31 Å². The van der Waals surface area contributed by atoms with E-state index in [2.05, 4.69) is 11.8 Å². The van der Waals surface area contributed by atoms with Crippen molar-refractivity contribution in [2.75, 3.05) is 25.1 Å². The Labute approximate surface area is 227 Å². The number of ether oxygens (including phenoxy) is 2. The molecule has 4 aromatic carbocycles. The summed E-state index contributed by atoms with van der Waals surface area (Å²) in [6, 6.07) is 21.4. The highest BCUT2D eigenvalue weighted by Crippen LogP contribution is 2.37. The molecular weight excluding hydrogens is 520 g/mol. The molecule has 4 aromatic rings. The van der Waals surface area contributed by atoms with E-state index < -0.39 is 22.2 Å². The molecule has 0 aliphatic heterocycles. The first-order chi connectivity index (χ1) is 18.8. The molecule has 0 spiro atoms. The van der Waals surface area contributed by atoms with Crippen molar-refractivity contribution >= 4 is 45.1 Å². The van der Waals surface area contributed by atoms with Crippen molar-refractivity contribution in [1.29, 1.82) is 0 Å². The third-order valence-electron chi connectivity index (χ3n) is 5.98. The predicted octanol–water partition coefficient (Wildman–Crippen LogP) is 5.40. The number of nitrogens with zero attached hydrogens (tertiary/aromatic N) is 2. The van der Waals surface area contributed by atoms with Gasteiger partial charge in [0.05, 0.1) is 35.6 Å². The second-order valence-corrected chi connectivity index (χ2v) is 9.17. The first-order valence-electron chi connectivity index (χ1n) is 11.7. The summed E-state index contributed by atoms with van der Waals surface area (Å²) >= 11 is -2.60. The van der Waals surface area contributed by atoms with E-state index in [0.29, 0.717) is 22.9 Å². The number of fused-ring (bicyclic) bond motifs is 1. The number of nitro groups is 1. The fraction of sp³-hybridized carbons (Fsp3) is 0.138. The molecule has 0 saturated heterocycles. The van der Waals surface area contributed by atoms with Gasteiger partial charge in [-0.1, -0.05) is 48.2 Å². The summed E-state index contributed by atoms with van der Waals surface area (Å²) in [5.74, 6) is 5.22. The summed E-state index contributed by atoms with van der Waals surface area (Å²) < 4.78 is 33.7. The van der Waals surface area contributed by atoms with Crippen LogP contribution in [0.3, 0.4) is 0 Å². The van der Waals surface area contributed by atoms with Crippen LogP contribution in [0.5, 0.6) is 0 Å². The van der Waals surface area contributed by atoms with Crippen LogP contribution in [0.15, 0.2) is 78.9 Å². The lowest BCUT2D eigenvalue weighted by Gasteiger charge is -2.22. The molecule has 1 unspecified atom stereocenters. The van der Waals surface area contributed by atoms with Crippen molar-refractivity contribution in [3.05, 3.63) is 111 Å². The first-order valence-corrected chi connectivity index (χ1v) is 12.8. The molecule has 0 amide bonds. The number of benzene rings is 4. The number of hydrogen-bond acceptors (Lipinski definition) is 6. The van der Waals surface area contributed by atoms with E-state index in [9.17, 15) is 23.7 Å². The third kappa shape index (κ3) is 6.13. The summed E-state index contributed by atoms with van der Waals surface area (Å²) in [4.78, 5) is 23.6. The molecule has 4 rings (SSSR count). The second kappa shape index (κ2) is 12.3. The van der Waals surface area contributed by atoms with E-state index in [4.69, 9.17) is 9.47 Å². The van der Waals surface area contributed by atoms with E-state index in [-0.39, 0.29) is 28.2 Å². The van der Waals surface area contributed by atoms with E-state index in [1.807, 2.05) is 24.3 Å². The van der Waals surface area contributed by atoms with Crippen LogP contribution in [0.4, 0.5) is 17.1 Å². The minimum absolute atomic E-state index is 0.103. The lowest BCUT2D eigenvalue weighted by Crippen LogP contribution is -2.20. The maximum Gasteiger partial charge on any atom is 0.338 e. The highest BCUT2D eigenvalue weighted by molar-refractivity contribution is 7.81. The maximum atomic E-state index is 12.5. The Morgan fingerprint density at radius 3 is 2.36 bits per heavy atom. The molecule has 1 N–H and O–H groups in total. The van der Waals surface area contributed by atoms with Crippen LogP contribution in [0.25, 0.3) is 10.8 Å². The zero-order valence-corrected chi connectivity index (χ0v) is 21.9. The number of esters is 1. The molecule has 0 aliphatic carbocycles. The molecule has 9 nitrogen and oxygen atoms in total. The monoisotopic (exact) mass is 544 g/mol. The summed E-state index contributed by atoms with van der Waals surface area (Å²) in [6.45, 7) is 0.602. The molecule has 0 aliphatic rings. The van der Waals surface area contributed by atoms with E-state index >= 15 is 0 Å². The van der Waals surface area contributed by atoms with E-state index in [1.54, 1.807) is 31.4 Å². The minimum atomic E-state index is -2.60. The average molecular weight is 545 g/mol. The summed E-state index contributed by atoms with van der Waals surface area (Å²) in [7, 11) is 2.90. The van der Waals surface area contributed by atoms with Crippen LogP contribution >= 0.6 is 0 Å². The van der Waals surface area contributed by atoms with Gasteiger partial charge in [0.15, 0.2) is 0 Å². The molecule has 39 heavy (non-hydrogen) atoms. The number of rotatable bonds is 8. The minimum Gasteiger partial charge on any atom is -0.465 e. The summed E-state index contributed by atoms with van der Waals surface area (Å²) in [5, 5.41) is 12.9. The third-order valence-corrected chi connectivity index (χ3v) is 6.70. The molecule has 198 valence electrons. The fourth-order valence-corrected chi connectivity index (χ4v) is 4.70. The van der Waals surface area contributed by atoms with Crippen molar-refractivity contribution in [2.45, 2.75) is 6.42 Å². The van der Waals surface area contributed by atoms with Gasteiger partial charge in [0.25, 0.3) is 17.0 Å². The highest BCUT2D eigenvalue weighted by Gasteiger charge is 2.24. The van der Waals surface area contributed by atoms with Crippen LogP contribution in [-0.2, 0) is 27.2 Å². The van der Waals surface area contributed by atoms with E-state index in [1.165, 1.54) is 37.4 Å². The van der Waals surface area contributed by atoms with Gasteiger partial charge in [-0.25, -0.2) is 13.3 Å². The topological polar surface area (TPSA) is 119 Å². The van der Waals surface area contributed by atoms with Crippen molar-refractivity contribution in [2.24, 2.45) is 0 Å².